The summed E-state index contributed by atoms with van der Waals surface area (Å²) < 4.78 is 0. The van der Waals surface area contributed by atoms with Crippen molar-refractivity contribution in [3.8, 4) is 0 Å². The van der Waals surface area contributed by atoms with Crippen LogP contribution < -0.4 is 5.84 Å². The van der Waals surface area contributed by atoms with Crippen molar-refractivity contribution in [1.82, 2.24) is 9.99 Å². The third-order valence-corrected chi connectivity index (χ3v) is 1.99. The molecule has 4 nitrogen and oxygen atoms in total. The minimum absolute atomic E-state index is 0.0334. The molecule has 0 aliphatic carbocycles. The van der Waals surface area contributed by atoms with E-state index < -0.39 is 0 Å². The van der Waals surface area contributed by atoms with Crippen molar-refractivity contribution in [1.29, 1.82) is 0 Å². The van der Waals surface area contributed by atoms with Gasteiger partial charge in [0.05, 0.1) is 0 Å². The van der Waals surface area contributed by atoms with E-state index in [-0.39, 0.29) is 5.91 Å². The van der Waals surface area contributed by atoms with Gasteiger partial charge in [-0.1, -0.05) is 13.0 Å². The topological polar surface area (TPSA) is 59.2 Å². The van der Waals surface area contributed by atoms with Gasteiger partial charge in [0.2, 0.25) is 5.91 Å². The van der Waals surface area contributed by atoms with Gasteiger partial charge < -0.3 is 0 Å². The quantitative estimate of drug-likeness (QED) is 0.436. The largest absolute Gasteiger partial charge is 0.280 e. The number of rotatable bonds is 4. The van der Waals surface area contributed by atoms with E-state index in [2.05, 4.69) is 4.98 Å². The van der Waals surface area contributed by atoms with Crippen LogP contribution in [0, 0.1) is 0 Å². The van der Waals surface area contributed by atoms with E-state index in [9.17, 15) is 4.79 Å². The Morgan fingerprint density at radius 2 is 2.43 bits per heavy atom. The SMILES string of the molecule is CCC(=O)N(N)CCc1cccnc1. The van der Waals surface area contributed by atoms with Crippen molar-refractivity contribution in [3.63, 3.8) is 0 Å². The molecule has 0 atom stereocenters. The summed E-state index contributed by atoms with van der Waals surface area (Å²) >= 11 is 0. The molecule has 0 fully saturated rings. The van der Waals surface area contributed by atoms with Gasteiger partial charge in [-0.25, -0.2) is 5.84 Å². The Kier molecular flexibility index (Phi) is 4.07. The van der Waals surface area contributed by atoms with Crippen LogP contribution in [0.2, 0.25) is 0 Å². The van der Waals surface area contributed by atoms with Crippen molar-refractivity contribution in [3.05, 3.63) is 30.1 Å². The van der Waals surface area contributed by atoms with Crippen LogP contribution >= 0.6 is 0 Å². The number of hydrogen-bond acceptors (Lipinski definition) is 3. The zero-order valence-electron chi connectivity index (χ0n) is 8.31. The third-order valence-electron chi connectivity index (χ3n) is 1.99. The zero-order chi connectivity index (χ0) is 10.4. The standard InChI is InChI=1S/C10H15N3O/c1-2-10(14)13(11)7-5-9-4-3-6-12-8-9/h3-4,6,8H,2,5,7,11H2,1H3. The molecule has 1 heterocycles. The van der Waals surface area contributed by atoms with Crippen molar-refractivity contribution in [2.45, 2.75) is 19.8 Å². The summed E-state index contributed by atoms with van der Waals surface area (Å²) in [5.41, 5.74) is 1.09. The fourth-order valence-electron chi connectivity index (χ4n) is 1.12. The maximum absolute atomic E-state index is 11.1. The van der Waals surface area contributed by atoms with Gasteiger partial charge in [-0.3, -0.25) is 14.8 Å². The molecule has 76 valence electrons. The Bertz CT molecular complexity index is 287. The predicted octanol–water partition coefficient (Wildman–Crippen LogP) is 0.736. The fraction of sp³-hybridized carbons (Fsp3) is 0.400. The zero-order valence-corrected chi connectivity index (χ0v) is 8.31. The highest BCUT2D eigenvalue weighted by Crippen LogP contribution is 1.98. The molecule has 2 N–H and O–H groups in total. The average Bonchev–Trinajstić information content (AvgIpc) is 2.26. The minimum Gasteiger partial charge on any atom is -0.280 e. The first kappa shape index (κ1) is 10.7. The lowest BCUT2D eigenvalue weighted by molar-refractivity contribution is -0.131. The molecule has 0 bridgehead atoms. The van der Waals surface area contributed by atoms with Crippen LogP contribution in [-0.4, -0.2) is 22.4 Å². The normalized spacial score (nSPS) is 9.86. The predicted molar refractivity (Wildman–Crippen MR) is 54.1 cm³/mol. The number of hydrazine groups is 1. The molecule has 0 saturated heterocycles. The molecule has 14 heavy (non-hydrogen) atoms. The summed E-state index contributed by atoms with van der Waals surface area (Å²) in [6.45, 7) is 2.34. The smallest absolute Gasteiger partial charge is 0.236 e. The number of nitrogens with two attached hydrogens (primary N) is 1. The van der Waals surface area contributed by atoms with Crippen LogP contribution in [0.25, 0.3) is 0 Å². The van der Waals surface area contributed by atoms with Crippen LogP contribution in [-0.2, 0) is 11.2 Å². The Morgan fingerprint density at radius 1 is 1.64 bits per heavy atom. The van der Waals surface area contributed by atoms with Crippen molar-refractivity contribution in [2.75, 3.05) is 6.54 Å². The van der Waals surface area contributed by atoms with Gasteiger partial charge in [0, 0.05) is 25.4 Å². The molecular formula is C10H15N3O. The molecule has 1 amide bonds. The van der Waals surface area contributed by atoms with Crippen molar-refractivity contribution in [2.24, 2.45) is 5.84 Å². The van der Waals surface area contributed by atoms with Crippen LogP contribution in [0.4, 0.5) is 0 Å². The highest BCUT2D eigenvalue weighted by atomic mass is 16.2. The average molecular weight is 193 g/mol. The number of amides is 1. The number of nitrogens with zero attached hydrogens (tertiary/aromatic N) is 2. The van der Waals surface area contributed by atoms with Crippen LogP contribution in [0.5, 0.6) is 0 Å². The monoisotopic (exact) mass is 193 g/mol. The highest BCUT2D eigenvalue weighted by molar-refractivity contribution is 5.75. The summed E-state index contributed by atoms with van der Waals surface area (Å²) in [6, 6.07) is 3.84. The number of aromatic nitrogens is 1. The molecule has 1 aromatic heterocycles. The van der Waals surface area contributed by atoms with Gasteiger partial charge in [-0.15, -0.1) is 0 Å². The molecule has 0 spiro atoms. The lowest BCUT2D eigenvalue weighted by Crippen LogP contribution is -2.38. The number of hydrogen-bond donors (Lipinski definition) is 1. The van der Waals surface area contributed by atoms with Crippen molar-refractivity contribution < 1.29 is 4.79 Å². The van der Waals surface area contributed by atoms with Crippen LogP contribution in [0.1, 0.15) is 18.9 Å². The van der Waals surface area contributed by atoms with Gasteiger partial charge in [0.25, 0.3) is 0 Å². The second-order valence-electron chi connectivity index (χ2n) is 3.05. The van der Waals surface area contributed by atoms with Crippen LogP contribution in [0.3, 0.4) is 0 Å². The van der Waals surface area contributed by atoms with E-state index >= 15 is 0 Å². The Labute approximate surface area is 83.7 Å². The first-order valence-electron chi connectivity index (χ1n) is 4.68. The minimum atomic E-state index is -0.0334. The van der Waals surface area contributed by atoms with Crippen molar-refractivity contribution >= 4 is 5.91 Å². The lowest BCUT2D eigenvalue weighted by Gasteiger charge is -2.15. The number of carbonyl (C=O) groups excluding carboxylic acids is 1. The molecular weight excluding hydrogens is 178 g/mol. The van der Waals surface area contributed by atoms with E-state index in [1.54, 1.807) is 19.3 Å². The molecule has 1 aromatic rings. The van der Waals surface area contributed by atoms with E-state index in [0.717, 1.165) is 12.0 Å². The first-order valence-corrected chi connectivity index (χ1v) is 4.68. The molecule has 0 radical (unpaired) electrons. The summed E-state index contributed by atoms with van der Waals surface area (Å²) in [4.78, 5) is 15.1. The fourth-order valence-corrected chi connectivity index (χ4v) is 1.12. The van der Waals surface area contributed by atoms with Crippen LogP contribution in [0.15, 0.2) is 24.5 Å². The molecule has 0 aliphatic rings. The number of pyridine rings is 1. The molecule has 0 aliphatic heterocycles. The Morgan fingerprint density at radius 3 is 3.00 bits per heavy atom. The van der Waals surface area contributed by atoms with E-state index in [0.29, 0.717) is 13.0 Å². The number of carbonyl (C=O) groups is 1. The van der Waals surface area contributed by atoms with E-state index in [1.807, 2.05) is 12.1 Å². The first-order chi connectivity index (χ1) is 6.74. The molecule has 0 aromatic carbocycles. The molecule has 4 heteroatoms. The van der Waals surface area contributed by atoms with Gasteiger partial charge in [-0.05, 0) is 18.1 Å². The maximum Gasteiger partial charge on any atom is 0.236 e. The van der Waals surface area contributed by atoms with Gasteiger partial charge in [0.1, 0.15) is 0 Å². The second kappa shape index (κ2) is 5.34. The maximum atomic E-state index is 11.1. The third kappa shape index (κ3) is 3.14. The molecule has 1 rings (SSSR count). The molecule has 0 saturated carbocycles. The van der Waals surface area contributed by atoms with Gasteiger partial charge in [0.15, 0.2) is 0 Å². The Balaban J connectivity index is 2.38. The molecule has 0 unspecified atom stereocenters. The van der Waals surface area contributed by atoms with Gasteiger partial charge >= 0.3 is 0 Å². The summed E-state index contributed by atoms with van der Waals surface area (Å²) in [5.74, 6) is 5.51. The van der Waals surface area contributed by atoms with Gasteiger partial charge in [-0.2, -0.15) is 0 Å². The van der Waals surface area contributed by atoms with E-state index in [1.165, 1.54) is 5.01 Å². The lowest BCUT2D eigenvalue weighted by atomic mass is 10.2. The Hall–Kier alpha value is -1.42. The summed E-state index contributed by atoms with van der Waals surface area (Å²) in [7, 11) is 0. The summed E-state index contributed by atoms with van der Waals surface area (Å²) in [5, 5.41) is 1.26. The second-order valence-corrected chi connectivity index (χ2v) is 3.05. The van der Waals surface area contributed by atoms with E-state index in [4.69, 9.17) is 5.84 Å². The summed E-state index contributed by atoms with van der Waals surface area (Å²) in [6.07, 6.45) is 4.70. The highest BCUT2D eigenvalue weighted by Gasteiger charge is 2.05.